The summed E-state index contributed by atoms with van der Waals surface area (Å²) in [6.45, 7) is -0.254. The van der Waals surface area contributed by atoms with Gasteiger partial charge in [-0.15, -0.1) is 11.3 Å². The summed E-state index contributed by atoms with van der Waals surface area (Å²) >= 11 is 1.39. The van der Waals surface area contributed by atoms with Crippen molar-refractivity contribution in [3.63, 3.8) is 0 Å². The number of hydrogen-bond acceptors (Lipinski definition) is 5. The van der Waals surface area contributed by atoms with Crippen molar-refractivity contribution in [2.45, 2.75) is 57.1 Å². The molecule has 0 spiro atoms. The predicted molar refractivity (Wildman–Crippen MR) is 107 cm³/mol. The molecule has 1 unspecified atom stereocenters. The molecule has 2 aromatic rings. The highest BCUT2D eigenvalue weighted by atomic mass is 32.1. The molecule has 1 aliphatic heterocycles. The molecule has 0 radical (unpaired) electrons. The average Bonchev–Trinajstić information content (AvgIpc) is 3.17. The highest BCUT2D eigenvalue weighted by Gasteiger charge is 2.33. The van der Waals surface area contributed by atoms with E-state index in [-0.39, 0.29) is 17.0 Å². The fourth-order valence-corrected chi connectivity index (χ4v) is 4.62. The number of hydrogen-bond donors (Lipinski definition) is 1. The molecule has 0 bridgehead atoms. The third-order valence-electron chi connectivity index (χ3n) is 5.43. The zero-order valence-electron chi connectivity index (χ0n) is 16.3. The lowest BCUT2D eigenvalue weighted by molar-refractivity contribution is -0.0501. The van der Waals surface area contributed by atoms with Crippen molar-refractivity contribution in [3.05, 3.63) is 46.2 Å². The second kappa shape index (κ2) is 10.9. The molecular weight excluding hydrogens is 401 g/mol. The van der Waals surface area contributed by atoms with Gasteiger partial charge in [-0.1, -0.05) is 12.8 Å². The molecule has 1 saturated heterocycles. The molecule has 0 saturated carbocycles. The predicted octanol–water partition coefficient (Wildman–Crippen LogP) is 5.28. The van der Waals surface area contributed by atoms with Crippen LogP contribution in [0.5, 0.6) is 5.75 Å². The van der Waals surface area contributed by atoms with Crippen molar-refractivity contribution in [1.82, 2.24) is 10.3 Å². The largest absolute Gasteiger partial charge is 0.434 e. The van der Waals surface area contributed by atoms with E-state index in [0.717, 1.165) is 55.7 Å². The number of halogens is 3. The summed E-state index contributed by atoms with van der Waals surface area (Å²) in [5.41, 5.74) is 0.701. The Labute approximate surface area is 173 Å². The van der Waals surface area contributed by atoms with Crippen LogP contribution in [0.4, 0.5) is 13.2 Å². The van der Waals surface area contributed by atoms with Crippen LogP contribution in [0.3, 0.4) is 0 Å². The van der Waals surface area contributed by atoms with E-state index < -0.39 is 6.61 Å². The van der Waals surface area contributed by atoms with Gasteiger partial charge in [0.25, 0.3) is 0 Å². The molecule has 0 aromatic carbocycles. The van der Waals surface area contributed by atoms with Gasteiger partial charge in [-0.3, -0.25) is 4.98 Å². The zero-order chi connectivity index (χ0) is 20.5. The summed E-state index contributed by atoms with van der Waals surface area (Å²) in [7, 11) is 0. The molecule has 160 valence electrons. The number of pyridine rings is 1. The molecule has 2 aromatic heterocycles. The van der Waals surface area contributed by atoms with E-state index in [1.54, 1.807) is 17.5 Å². The Morgan fingerprint density at radius 1 is 1.17 bits per heavy atom. The SMILES string of the molecule is Fc1ccc(C2(CCNCc3sccc3OC(F)F)CCCCCOCC2)nc1. The highest BCUT2D eigenvalue weighted by molar-refractivity contribution is 7.10. The van der Waals surface area contributed by atoms with Crippen LogP contribution in [-0.2, 0) is 16.7 Å². The lowest BCUT2D eigenvalue weighted by atomic mass is 9.74. The first-order chi connectivity index (χ1) is 14.1. The molecule has 1 aliphatic rings. The van der Waals surface area contributed by atoms with Crippen molar-refractivity contribution in [3.8, 4) is 5.75 Å². The Bertz CT molecular complexity index is 730. The molecule has 3 rings (SSSR count). The van der Waals surface area contributed by atoms with Gasteiger partial charge in [0.15, 0.2) is 0 Å². The summed E-state index contributed by atoms with van der Waals surface area (Å²) < 4.78 is 48.7. The number of nitrogens with zero attached hydrogens (tertiary/aromatic N) is 1. The number of alkyl halides is 2. The number of ether oxygens (including phenoxy) is 2. The second-order valence-corrected chi connectivity index (χ2v) is 8.33. The molecule has 1 N–H and O–H groups in total. The minimum Gasteiger partial charge on any atom is -0.434 e. The van der Waals surface area contributed by atoms with Crippen molar-refractivity contribution in [2.75, 3.05) is 19.8 Å². The van der Waals surface area contributed by atoms with Gasteiger partial charge in [0, 0.05) is 30.9 Å². The van der Waals surface area contributed by atoms with E-state index in [1.165, 1.54) is 23.6 Å². The van der Waals surface area contributed by atoms with Crippen molar-refractivity contribution in [2.24, 2.45) is 0 Å². The Morgan fingerprint density at radius 3 is 2.86 bits per heavy atom. The van der Waals surface area contributed by atoms with Gasteiger partial charge in [-0.25, -0.2) is 4.39 Å². The summed E-state index contributed by atoms with van der Waals surface area (Å²) in [5, 5.41) is 5.09. The number of thiophene rings is 1. The van der Waals surface area contributed by atoms with Crippen LogP contribution in [0, 0.1) is 5.82 Å². The molecule has 1 fully saturated rings. The minimum atomic E-state index is -2.82. The fraction of sp³-hybridized carbons (Fsp3) is 0.571. The molecular formula is C21H27F3N2O2S. The molecule has 0 amide bonds. The summed E-state index contributed by atoms with van der Waals surface area (Å²) in [6, 6.07) is 4.80. The molecule has 0 aliphatic carbocycles. The fourth-order valence-electron chi connectivity index (χ4n) is 3.85. The Balaban J connectivity index is 1.65. The topological polar surface area (TPSA) is 43.4 Å². The molecule has 1 atom stereocenters. The third-order valence-corrected chi connectivity index (χ3v) is 6.33. The first kappa shape index (κ1) is 22.1. The van der Waals surface area contributed by atoms with Crippen LogP contribution in [0.15, 0.2) is 29.8 Å². The zero-order valence-corrected chi connectivity index (χ0v) is 17.2. The van der Waals surface area contributed by atoms with Crippen LogP contribution in [0.2, 0.25) is 0 Å². The normalized spacial score (nSPS) is 20.8. The van der Waals surface area contributed by atoms with Gasteiger partial charge in [0.2, 0.25) is 0 Å². The number of aromatic nitrogens is 1. The van der Waals surface area contributed by atoms with Crippen LogP contribution in [-0.4, -0.2) is 31.4 Å². The second-order valence-electron chi connectivity index (χ2n) is 7.33. The Morgan fingerprint density at radius 2 is 2.07 bits per heavy atom. The lowest BCUT2D eigenvalue weighted by Gasteiger charge is -2.33. The van der Waals surface area contributed by atoms with Crippen LogP contribution in [0.25, 0.3) is 0 Å². The summed E-state index contributed by atoms with van der Waals surface area (Å²) in [5.74, 6) is -0.117. The molecule has 4 nitrogen and oxygen atoms in total. The minimum absolute atomic E-state index is 0.192. The van der Waals surface area contributed by atoms with Gasteiger partial charge in [0.1, 0.15) is 11.6 Å². The first-order valence-electron chi connectivity index (χ1n) is 10.0. The van der Waals surface area contributed by atoms with Crippen molar-refractivity contribution >= 4 is 11.3 Å². The first-order valence-corrected chi connectivity index (χ1v) is 10.9. The van der Waals surface area contributed by atoms with Crippen molar-refractivity contribution < 1.29 is 22.6 Å². The highest BCUT2D eigenvalue weighted by Crippen LogP contribution is 2.37. The summed E-state index contributed by atoms with van der Waals surface area (Å²) in [6.07, 6.45) is 7.10. The third kappa shape index (κ3) is 6.42. The number of rotatable bonds is 8. The van der Waals surface area contributed by atoms with E-state index in [0.29, 0.717) is 19.7 Å². The smallest absolute Gasteiger partial charge is 0.387 e. The van der Waals surface area contributed by atoms with Crippen LogP contribution in [0.1, 0.15) is 49.1 Å². The van der Waals surface area contributed by atoms with Gasteiger partial charge < -0.3 is 14.8 Å². The van der Waals surface area contributed by atoms with Gasteiger partial charge in [-0.05, 0) is 55.8 Å². The Hall–Kier alpha value is -1.64. The van der Waals surface area contributed by atoms with E-state index in [4.69, 9.17) is 4.74 Å². The van der Waals surface area contributed by atoms with Gasteiger partial charge >= 0.3 is 6.61 Å². The van der Waals surface area contributed by atoms with Crippen LogP contribution >= 0.6 is 11.3 Å². The lowest BCUT2D eigenvalue weighted by Crippen LogP contribution is -2.33. The van der Waals surface area contributed by atoms with E-state index in [9.17, 15) is 13.2 Å². The van der Waals surface area contributed by atoms with Crippen molar-refractivity contribution in [1.29, 1.82) is 0 Å². The molecule has 29 heavy (non-hydrogen) atoms. The van der Waals surface area contributed by atoms with E-state index in [1.807, 2.05) is 0 Å². The monoisotopic (exact) mass is 428 g/mol. The summed E-state index contributed by atoms with van der Waals surface area (Å²) in [4.78, 5) is 5.14. The quantitative estimate of drug-likeness (QED) is 0.581. The van der Waals surface area contributed by atoms with Gasteiger partial charge in [0.05, 0.1) is 11.1 Å². The van der Waals surface area contributed by atoms with E-state index in [2.05, 4.69) is 15.0 Å². The molecule has 8 heteroatoms. The Kier molecular flexibility index (Phi) is 8.32. The maximum absolute atomic E-state index is 13.4. The standard InChI is InChI=1S/C21H27F3N2O2S/c22-16-4-5-19(26-14-16)21(7-2-1-3-11-27-12-9-21)8-10-25-15-18-17(6-13-29-18)28-20(23)24/h4-6,13-14,20,25H,1-3,7-12,15H2. The number of nitrogens with one attached hydrogen (secondary N) is 1. The van der Waals surface area contributed by atoms with Crippen LogP contribution < -0.4 is 10.1 Å². The van der Waals surface area contributed by atoms with Gasteiger partial charge in [-0.2, -0.15) is 8.78 Å². The van der Waals surface area contributed by atoms with E-state index >= 15 is 0 Å². The molecule has 3 heterocycles. The average molecular weight is 429 g/mol. The maximum Gasteiger partial charge on any atom is 0.387 e. The maximum atomic E-state index is 13.4.